The summed E-state index contributed by atoms with van der Waals surface area (Å²) >= 11 is 0. The summed E-state index contributed by atoms with van der Waals surface area (Å²) in [5.41, 5.74) is 2.86. The highest BCUT2D eigenvalue weighted by Gasteiger charge is 2.08. The molecule has 0 radical (unpaired) electrons. The Morgan fingerprint density at radius 1 is 1.43 bits per heavy atom. The van der Waals surface area contributed by atoms with Gasteiger partial charge < -0.3 is 9.72 Å². The molecule has 2 heterocycles. The lowest BCUT2D eigenvalue weighted by atomic mass is 10.2. The van der Waals surface area contributed by atoms with E-state index in [1.165, 1.54) is 0 Å². The van der Waals surface area contributed by atoms with E-state index in [2.05, 4.69) is 15.0 Å². The van der Waals surface area contributed by atoms with Crippen LogP contribution < -0.4 is 4.74 Å². The van der Waals surface area contributed by atoms with Crippen molar-refractivity contribution in [3.05, 3.63) is 30.2 Å². The van der Waals surface area contributed by atoms with E-state index in [1.54, 1.807) is 19.5 Å². The second-order valence-corrected chi connectivity index (χ2v) is 2.96. The lowest BCUT2D eigenvalue weighted by Gasteiger charge is -1.95. The van der Waals surface area contributed by atoms with Gasteiger partial charge >= 0.3 is 0 Å². The molecule has 0 amide bonds. The van der Waals surface area contributed by atoms with Crippen LogP contribution in [0.1, 0.15) is 5.69 Å². The summed E-state index contributed by atoms with van der Waals surface area (Å²) in [5.74, 6) is 0. The van der Waals surface area contributed by atoms with Gasteiger partial charge in [-0.2, -0.15) is 4.98 Å². The van der Waals surface area contributed by atoms with Crippen LogP contribution in [0.15, 0.2) is 24.5 Å². The zero-order chi connectivity index (χ0) is 9.97. The maximum absolute atomic E-state index is 5.01. The van der Waals surface area contributed by atoms with Crippen molar-refractivity contribution in [2.45, 2.75) is 6.92 Å². The fraction of sp³-hybridized carbons (Fsp3) is 0.200. The van der Waals surface area contributed by atoms with Gasteiger partial charge in [-0.25, -0.2) is 0 Å². The van der Waals surface area contributed by atoms with Crippen molar-refractivity contribution in [1.29, 1.82) is 0 Å². The molecule has 0 fully saturated rings. The maximum Gasteiger partial charge on any atom is 0.294 e. The third kappa shape index (κ3) is 1.46. The van der Waals surface area contributed by atoms with Gasteiger partial charge in [-0.3, -0.25) is 4.98 Å². The van der Waals surface area contributed by atoms with Crippen LogP contribution >= 0.6 is 0 Å². The van der Waals surface area contributed by atoms with Crippen molar-refractivity contribution in [1.82, 2.24) is 15.0 Å². The van der Waals surface area contributed by atoms with Gasteiger partial charge in [-0.1, -0.05) is 0 Å². The lowest BCUT2D eigenvalue weighted by Crippen LogP contribution is -1.83. The largest absolute Gasteiger partial charge is 0.468 e. The molecule has 0 unspecified atom stereocenters. The monoisotopic (exact) mass is 189 g/mol. The van der Waals surface area contributed by atoms with E-state index in [-0.39, 0.29) is 0 Å². The molecule has 0 aliphatic heterocycles. The predicted molar refractivity (Wildman–Crippen MR) is 53.1 cm³/mol. The Balaban J connectivity index is 2.46. The van der Waals surface area contributed by atoms with E-state index in [9.17, 15) is 0 Å². The average Bonchev–Trinajstić information content (AvgIpc) is 2.61. The number of aromatic nitrogens is 3. The highest BCUT2D eigenvalue weighted by Crippen LogP contribution is 2.22. The van der Waals surface area contributed by atoms with Crippen LogP contribution in [0.3, 0.4) is 0 Å². The zero-order valence-corrected chi connectivity index (χ0v) is 8.11. The first kappa shape index (κ1) is 8.74. The Hall–Kier alpha value is -1.84. The molecule has 0 bridgehead atoms. The number of aryl methyl sites for hydroxylation is 1. The first-order valence-electron chi connectivity index (χ1n) is 4.32. The van der Waals surface area contributed by atoms with Crippen molar-refractivity contribution in [3.8, 4) is 17.3 Å². The molecule has 0 aliphatic rings. The molecule has 4 heteroatoms. The number of rotatable bonds is 2. The molecule has 2 aromatic rings. The Morgan fingerprint density at radius 2 is 2.29 bits per heavy atom. The number of imidazole rings is 1. The molecule has 0 saturated heterocycles. The van der Waals surface area contributed by atoms with Gasteiger partial charge in [0.05, 0.1) is 12.8 Å². The van der Waals surface area contributed by atoms with Gasteiger partial charge in [0.1, 0.15) is 0 Å². The smallest absolute Gasteiger partial charge is 0.294 e. The summed E-state index contributed by atoms with van der Waals surface area (Å²) in [6.07, 6.45) is 3.52. The molecule has 2 aromatic heterocycles. The number of H-pyrrole nitrogens is 1. The number of nitrogens with one attached hydrogen (secondary N) is 1. The zero-order valence-electron chi connectivity index (χ0n) is 8.11. The first-order chi connectivity index (χ1) is 6.81. The highest BCUT2D eigenvalue weighted by atomic mass is 16.5. The summed E-state index contributed by atoms with van der Waals surface area (Å²) < 4.78 is 5.01. The summed E-state index contributed by atoms with van der Waals surface area (Å²) in [7, 11) is 1.59. The van der Waals surface area contributed by atoms with E-state index in [1.807, 2.05) is 19.1 Å². The van der Waals surface area contributed by atoms with Gasteiger partial charge in [-0.05, 0) is 19.1 Å². The van der Waals surface area contributed by atoms with Crippen LogP contribution in [0.5, 0.6) is 6.01 Å². The number of hydrogen-bond donors (Lipinski definition) is 1. The quantitative estimate of drug-likeness (QED) is 0.783. The number of pyridine rings is 1. The summed E-state index contributed by atoms with van der Waals surface area (Å²) in [5, 5.41) is 0. The molecular weight excluding hydrogens is 178 g/mol. The summed E-state index contributed by atoms with van der Waals surface area (Å²) in [6, 6.07) is 4.38. The average molecular weight is 189 g/mol. The van der Waals surface area contributed by atoms with E-state index in [0.717, 1.165) is 17.0 Å². The molecule has 2 rings (SSSR count). The third-order valence-corrected chi connectivity index (χ3v) is 1.99. The number of nitrogens with zero attached hydrogens (tertiary/aromatic N) is 2. The standard InChI is InChI=1S/C10H11N3O/c1-7-9(13-10(12-7)14-2)8-4-3-5-11-6-8/h3-6H,1-2H3,(H,12,13). The molecule has 0 aromatic carbocycles. The Morgan fingerprint density at radius 3 is 2.86 bits per heavy atom. The molecule has 0 atom stereocenters. The lowest BCUT2D eigenvalue weighted by molar-refractivity contribution is 0.384. The molecule has 14 heavy (non-hydrogen) atoms. The molecule has 1 N–H and O–H groups in total. The minimum Gasteiger partial charge on any atom is -0.468 e. The molecule has 0 aliphatic carbocycles. The van der Waals surface area contributed by atoms with Crippen LogP contribution in [0, 0.1) is 6.92 Å². The molecule has 0 saturated carbocycles. The minimum absolute atomic E-state index is 0.529. The third-order valence-electron chi connectivity index (χ3n) is 1.99. The second kappa shape index (κ2) is 3.49. The van der Waals surface area contributed by atoms with Crippen molar-refractivity contribution < 1.29 is 4.74 Å². The van der Waals surface area contributed by atoms with Gasteiger partial charge in [-0.15, -0.1) is 0 Å². The van der Waals surface area contributed by atoms with Crippen LogP contribution in [0.2, 0.25) is 0 Å². The van der Waals surface area contributed by atoms with Crippen molar-refractivity contribution in [2.24, 2.45) is 0 Å². The Kier molecular flexibility index (Phi) is 2.18. The predicted octanol–water partition coefficient (Wildman–Crippen LogP) is 1.79. The van der Waals surface area contributed by atoms with Gasteiger partial charge in [0.15, 0.2) is 0 Å². The van der Waals surface area contributed by atoms with E-state index < -0.39 is 0 Å². The SMILES string of the molecule is COc1nc(-c2cccnc2)c(C)[nH]1. The molecule has 0 spiro atoms. The second-order valence-electron chi connectivity index (χ2n) is 2.96. The van der Waals surface area contributed by atoms with Crippen LogP contribution in [0.25, 0.3) is 11.3 Å². The van der Waals surface area contributed by atoms with E-state index in [0.29, 0.717) is 6.01 Å². The van der Waals surface area contributed by atoms with Crippen LogP contribution in [0.4, 0.5) is 0 Å². The first-order valence-corrected chi connectivity index (χ1v) is 4.32. The fourth-order valence-corrected chi connectivity index (χ4v) is 1.31. The topological polar surface area (TPSA) is 50.8 Å². The summed E-state index contributed by atoms with van der Waals surface area (Å²) in [4.78, 5) is 11.4. The highest BCUT2D eigenvalue weighted by molar-refractivity contribution is 5.60. The van der Waals surface area contributed by atoms with Crippen molar-refractivity contribution >= 4 is 0 Å². The minimum atomic E-state index is 0.529. The van der Waals surface area contributed by atoms with E-state index in [4.69, 9.17) is 4.74 Å². The molecule has 72 valence electrons. The van der Waals surface area contributed by atoms with Crippen LogP contribution in [-0.2, 0) is 0 Å². The number of ether oxygens (including phenoxy) is 1. The van der Waals surface area contributed by atoms with Gasteiger partial charge in [0.25, 0.3) is 6.01 Å². The van der Waals surface area contributed by atoms with Gasteiger partial charge in [0, 0.05) is 23.7 Å². The number of methoxy groups -OCH3 is 1. The number of hydrogen-bond acceptors (Lipinski definition) is 3. The maximum atomic E-state index is 5.01. The Bertz CT molecular complexity index is 422. The number of aromatic amines is 1. The fourth-order valence-electron chi connectivity index (χ4n) is 1.31. The van der Waals surface area contributed by atoms with Gasteiger partial charge in [0.2, 0.25) is 0 Å². The Labute approximate surface area is 82.0 Å². The van der Waals surface area contributed by atoms with E-state index >= 15 is 0 Å². The van der Waals surface area contributed by atoms with Crippen molar-refractivity contribution in [2.75, 3.05) is 7.11 Å². The molecule has 4 nitrogen and oxygen atoms in total. The van der Waals surface area contributed by atoms with Crippen molar-refractivity contribution in [3.63, 3.8) is 0 Å². The summed E-state index contributed by atoms with van der Waals surface area (Å²) in [6.45, 7) is 1.96. The normalized spacial score (nSPS) is 10.1. The van der Waals surface area contributed by atoms with Crippen LogP contribution in [-0.4, -0.2) is 22.1 Å². The molecular formula is C10H11N3O.